The molecule has 0 spiro atoms. The van der Waals surface area contributed by atoms with Gasteiger partial charge >= 0.3 is 5.97 Å². The van der Waals surface area contributed by atoms with Crippen LogP contribution in [0.15, 0.2) is 29.1 Å². The van der Waals surface area contributed by atoms with Crippen LogP contribution >= 0.6 is 11.3 Å². The van der Waals surface area contributed by atoms with Gasteiger partial charge in [-0.25, -0.2) is 4.98 Å². The number of hydrogen-bond acceptors (Lipinski definition) is 5. The van der Waals surface area contributed by atoms with Gasteiger partial charge in [-0.3, -0.25) is 9.59 Å². The maximum Gasteiger partial charge on any atom is 0.308 e. The number of aromatic amines is 1. The van der Waals surface area contributed by atoms with Gasteiger partial charge in [0.15, 0.2) is 0 Å². The number of fused-ring (bicyclic) bond motifs is 1. The first-order valence-electron chi connectivity index (χ1n) is 9.16. The Labute approximate surface area is 162 Å². The Morgan fingerprint density at radius 2 is 1.96 bits per heavy atom. The summed E-state index contributed by atoms with van der Waals surface area (Å²) in [6, 6.07) is 8.17. The maximum atomic E-state index is 12.8. The minimum atomic E-state index is -0.223. The summed E-state index contributed by atoms with van der Waals surface area (Å²) in [6.07, 6.45) is 1.12. The van der Waals surface area contributed by atoms with Gasteiger partial charge in [-0.2, -0.15) is 0 Å². The highest BCUT2D eigenvalue weighted by molar-refractivity contribution is 7.19. The van der Waals surface area contributed by atoms with Crippen LogP contribution in [-0.2, 0) is 16.0 Å². The fourth-order valence-electron chi connectivity index (χ4n) is 3.11. The largest absolute Gasteiger partial charge is 0.466 e. The predicted molar refractivity (Wildman–Crippen MR) is 109 cm³/mol. The fraction of sp³-hybridized carbons (Fsp3) is 0.381. The smallest absolute Gasteiger partial charge is 0.308 e. The summed E-state index contributed by atoms with van der Waals surface area (Å²) in [7, 11) is 0. The Morgan fingerprint density at radius 1 is 1.26 bits per heavy atom. The average Bonchev–Trinajstić information content (AvgIpc) is 2.97. The van der Waals surface area contributed by atoms with Crippen LogP contribution in [0.5, 0.6) is 0 Å². The number of esters is 1. The monoisotopic (exact) mass is 384 g/mol. The van der Waals surface area contributed by atoms with E-state index in [-0.39, 0.29) is 17.4 Å². The number of hydrogen-bond donors (Lipinski definition) is 1. The van der Waals surface area contributed by atoms with Crippen molar-refractivity contribution in [1.82, 2.24) is 9.97 Å². The second-order valence-electron chi connectivity index (χ2n) is 6.78. The van der Waals surface area contributed by atoms with E-state index in [1.165, 1.54) is 16.9 Å². The van der Waals surface area contributed by atoms with Crippen molar-refractivity contribution < 1.29 is 9.53 Å². The van der Waals surface area contributed by atoms with Crippen LogP contribution in [0, 0.1) is 19.8 Å². The molecule has 0 saturated heterocycles. The van der Waals surface area contributed by atoms with Crippen molar-refractivity contribution in [1.29, 1.82) is 0 Å². The first-order valence-corrected chi connectivity index (χ1v) is 9.98. The number of carbonyl (C=O) groups is 1. The molecule has 0 bridgehead atoms. The molecule has 0 aliphatic rings. The highest BCUT2D eigenvalue weighted by Gasteiger charge is 2.18. The molecule has 0 saturated carbocycles. The summed E-state index contributed by atoms with van der Waals surface area (Å²) in [5, 5.41) is 0.642. The molecule has 2 aromatic heterocycles. The molecule has 0 radical (unpaired) electrons. The molecule has 1 aromatic carbocycles. The summed E-state index contributed by atoms with van der Waals surface area (Å²) >= 11 is 1.53. The van der Waals surface area contributed by atoms with E-state index in [2.05, 4.69) is 9.97 Å². The summed E-state index contributed by atoms with van der Waals surface area (Å²) in [6.45, 7) is 8.06. The molecular formula is C21H24N2O3S. The van der Waals surface area contributed by atoms with Gasteiger partial charge in [0.25, 0.3) is 5.56 Å². The third kappa shape index (κ3) is 4.11. The summed E-state index contributed by atoms with van der Waals surface area (Å²) in [4.78, 5) is 33.9. The van der Waals surface area contributed by atoms with Crippen molar-refractivity contribution in [2.45, 2.75) is 40.5 Å². The van der Waals surface area contributed by atoms with Gasteiger partial charge in [0.05, 0.1) is 17.9 Å². The second kappa shape index (κ2) is 8.05. The third-order valence-electron chi connectivity index (χ3n) is 4.63. The van der Waals surface area contributed by atoms with Crippen LogP contribution in [0.2, 0.25) is 0 Å². The summed E-state index contributed by atoms with van der Waals surface area (Å²) in [5.74, 6) is 0.175. The van der Waals surface area contributed by atoms with Crippen LogP contribution in [-0.4, -0.2) is 22.5 Å². The minimum absolute atomic E-state index is 0.126. The number of carbonyl (C=O) groups excluding carboxylic acids is 1. The molecule has 3 rings (SSSR count). The van der Waals surface area contributed by atoms with E-state index in [0.29, 0.717) is 30.7 Å². The zero-order valence-electron chi connectivity index (χ0n) is 16.1. The molecule has 3 aromatic rings. The molecule has 0 amide bonds. The SMILES string of the molecule is CCOC(=O)C(C)CCc1nc2sc(C)c(-c3ccc(C)cc3)c2c(=O)[nH]1. The molecule has 5 nitrogen and oxygen atoms in total. The Kier molecular flexibility index (Phi) is 5.75. The van der Waals surface area contributed by atoms with Crippen molar-refractivity contribution in [3.05, 3.63) is 50.9 Å². The van der Waals surface area contributed by atoms with Gasteiger partial charge in [-0.1, -0.05) is 36.8 Å². The number of H-pyrrole nitrogens is 1. The molecule has 0 aliphatic carbocycles. The van der Waals surface area contributed by atoms with E-state index in [1.807, 2.05) is 45.0 Å². The number of nitrogens with zero attached hydrogens (tertiary/aromatic N) is 1. The van der Waals surface area contributed by atoms with Crippen molar-refractivity contribution in [3.8, 4) is 11.1 Å². The van der Waals surface area contributed by atoms with E-state index >= 15 is 0 Å². The first-order chi connectivity index (χ1) is 12.9. The number of rotatable bonds is 6. The number of benzene rings is 1. The van der Waals surface area contributed by atoms with Crippen LogP contribution in [0.3, 0.4) is 0 Å². The molecule has 142 valence electrons. The molecule has 1 unspecified atom stereocenters. The lowest BCUT2D eigenvalue weighted by Crippen LogP contribution is -2.17. The Bertz CT molecular complexity index is 1020. The summed E-state index contributed by atoms with van der Waals surface area (Å²) < 4.78 is 5.03. The van der Waals surface area contributed by atoms with Gasteiger partial charge in [0.2, 0.25) is 0 Å². The topological polar surface area (TPSA) is 72.0 Å². The first kappa shape index (κ1) is 19.3. The Morgan fingerprint density at radius 3 is 2.63 bits per heavy atom. The zero-order chi connectivity index (χ0) is 19.6. The van der Waals surface area contributed by atoms with E-state index in [4.69, 9.17) is 4.74 Å². The lowest BCUT2D eigenvalue weighted by atomic mass is 10.0. The van der Waals surface area contributed by atoms with Crippen molar-refractivity contribution in [3.63, 3.8) is 0 Å². The van der Waals surface area contributed by atoms with Crippen molar-refractivity contribution in [2.24, 2.45) is 5.92 Å². The van der Waals surface area contributed by atoms with Gasteiger partial charge in [-0.15, -0.1) is 11.3 Å². The molecule has 1 atom stereocenters. The quantitative estimate of drug-likeness (QED) is 0.639. The van der Waals surface area contributed by atoms with Crippen molar-refractivity contribution in [2.75, 3.05) is 6.61 Å². The molecule has 0 fully saturated rings. The molecule has 1 N–H and O–H groups in total. The van der Waals surface area contributed by atoms with Gasteiger partial charge in [0.1, 0.15) is 10.7 Å². The average molecular weight is 385 g/mol. The third-order valence-corrected chi connectivity index (χ3v) is 5.63. The number of thiophene rings is 1. The van der Waals surface area contributed by atoms with Gasteiger partial charge in [-0.05, 0) is 32.8 Å². The molecule has 2 heterocycles. The van der Waals surface area contributed by atoms with E-state index < -0.39 is 0 Å². The lowest BCUT2D eigenvalue weighted by Gasteiger charge is -2.09. The van der Waals surface area contributed by atoms with Gasteiger partial charge in [0, 0.05) is 16.9 Å². The van der Waals surface area contributed by atoms with E-state index in [0.717, 1.165) is 20.8 Å². The van der Waals surface area contributed by atoms with Crippen molar-refractivity contribution >= 4 is 27.5 Å². The molecule has 6 heteroatoms. The number of nitrogens with one attached hydrogen (secondary N) is 1. The summed E-state index contributed by atoms with van der Waals surface area (Å²) in [5.41, 5.74) is 3.04. The lowest BCUT2D eigenvalue weighted by molar-refractivity contribution is -0.147. The number of aromatic nitrogens is 2. The second-order valence-corrected chi connectivity index (χ2v) is 7.99. The zero-order valence-corrected chi connectivity index (χ0v) is 16.9. The van der Waals surface area contributed by atoms with Crippen LogP contribution in [0.1, 0.15) is 36.5 Å². The van der Waals surface area contributed by atoms with E-state index in [9.17, 15) is 9.59 Å². The highest BCUT2D eigenvalue weighted by Crippen LogP contribution is 2.35. The van der Waals surface area contributed by atoms with Crippen LogP contribution in [0.25, 0.3) is 21.3 Å². The number of aryl methyl sites for hydroxylation is 3. The van der Waals surface area contributed by atoms with Crippen LogP contribution < -0.4 is 5.56 Å². The maximum absolute atomic E-state index is 12.8. The highest BCUT2D eigenvalue weighted by atomic mass is 32.1. The Hall–Kier alpha value is -2.47. The Balaban J connectivity index is 1.91. The minimum Gasteiger partial charge on any atom is -0.466 e. The number of ether oxygens (including phenoxy) is 1. The molecule has 0 aliphatic heterocycles. The fourth-order valence-corrected chi connectivity index (χ4v) is 4.17. The molecule has 27 heavy (non-hydrogen) atoms. The van der Waals surface area contributed by atoms with E-state index in [1.54, 1.807) is 6.92 Å². The molecular weight excluding hydrogens is 360 g/mol. The standard InChI is InChI=1S/C21H24N2O3S/c1-5-26-21(25)13(3)8-11-16-22-19(24)18-17(14(4)27-20(18)23-16)15-9-6-12(2)7-10-15/h6-7,9-10,13H,5,8,11H2,1-4H3,(H,22,23,24). The normalized spacial score (nSPS) is 12.3. The van der Waals surface area contributed by atoms with Crippen LogP contribution in [0.4, 0.5) is 0 Å². The predicted octanol–water partition coefficient (Wildman–Crippen LogP) is 4.40. The van der Waals surface area contributed by atoms with Gasteiger partial charge < -0.3 is 9.72 Å².